The summed E-state index contributed by atoms with van der Waals surface area (Å²) in [5.41, 5.74) is 2.96. The number of benzene rings is 1. The van der Waals surface area contributed by atoms with Crippen LogP contribution in [0.25, 0.3) is 0 Å². The summed E-state index contributed by atoms with van der Waals surface area (Å²) in [5.74, 6) is -0.143. The molecule has 2 amide bonds. The monoisotopic (exact) mass is 290 g/mol. The van der Waals surface area contributed by atoms with E-state index in [0.29, 0.717) is 0 Å². The molecule has 0 atom stereocenters. The van der Waals surface area contributed by atoms with Crippen LogP contribution in [0.1, 0.15) is 37.8 Å². The average Bonchev–Trinajstić information content (AvgIpc) is 2.40. The van der Waals surface area contributed by atoms with Crippen molar-refractivity contribution in [1.82, 2.24) is 4.90 Å². The lowest BCUT2D eigenvalue weighted by molar-refractivity contribution is -0.130. The first-order valence-electron chi connectivity index (χ1n) is 7.45. The van der Waals surface area contributed by atoms with Gasteiger partial charge < -0.3 is 9.80 Å². The van der Waals surface area contributed by atoms with Crippen LogP contribution >= 0.6 is 0 Å². The van der Waals surface area contributed by atoms with Crippen LogP contribution in [0.15, 0.2) is 18.2 Å². The fourth-order valence-corrected chi connectivity index (χ4v) is 2.27. The zero-order chi connectivity index (χ0) is 16.0. The molecule has 1 aromatic carbocycles. The number of amides is 2. The Morgan fingerprint density at radius 2 is 1.67 bits per heavy atom. The summed E-state index contributed by atoms with van der Waals surface area (Å²) >= 11 is 0. The van der Waals surface area contributed by atoms with Crippen LogP contribution in [0, 0.1) is 13.8 Å². The van der Waals surface area contributed by atoms with Crippen molar-refractivity contribution in [2.75, 3.05) is 25.0 Å². The number of carbonyl (C=O) groups is 2. The molecule has 1 rings (SSSR count). The molecular weight excluding hydrogens is 264 g/mol. The summed E-state index contributed by atoms with van der Waals surface area (Å²) in [6.07, 6.45) is 2.02. The smallest absolute Gasteiger partial charge is 0.242 e. The number of nitrogens with zero attached hydrogens (tertiary/aromatic N) is 2. The van der Waals surface area contributed by atoms with E-state index in [2.05, 4.69) is 13.0 Å². The number of likely N-dealkylation sites (N-methyl/N-ethyl adjacent to an activating group) is 1. The Labute approximate surface area is 127 Å². The van der Waals surface area contributed by atoms with Crippen molar-refractivity contribution in [1.29, 1.82) is 0 Å². The molecule has 0 fully saturated rings. The number of aryl methyl sites for hydroxylation is 2. The van der Waals surface area contributed by atoms with Crippen LogP contribution in [0.3, 0.4) is 0 Å². The Morgan fingerprint density at radius 1 is 1.10 bits per heavy atom. The second-order valence-electron chi connectivity index (χ2n) is 5.62. The van der Waals surface area contributed by atoms with Gasteiger partial charge in [0.25, 0.3) is 0 Å². The summed E-state index contributed by atoms with van der Waals surface area (Å²) in [5, 5.41) is 0. The van der Waals surface area contributed by atoms with Gasteiger partial charge in [-0.2, -0.15) is 0 Å². The van der Waals surface area contributed by atoms with Gasteiger partial charge in [0.05, 0.1) is 0 Å². The van der Waals surface area contributed by atoms with Gasteiger partial charge in [-0.25, -0.2) is 0 Å². The van der Waals surface area contributed by atoms with Crippen LogP contribution in [-0.4, -0.2) is 36.9 Å². The first kappa shape index (κ1) is 17.2. The van der Waals surface area contributed by atoms with Gasteiger partial charge in [-0.05, 0) is 43.5 Å². The van der Waals surface area contributed by atoms with E-state index >= 15 is 0 Å². The Kier molecular flexibility index (Phi) is 6.40. The lowest BCUT2D eigenvalue weighted by Crippen LogP contribution is -2.41. The summed E-state index contributed by atoms with van der Waals surface area (Å²) in [6, 6.07) is 5.93. The number of hydrogen-bond donors (Lipinski definition) is 0. The minimum atomic E-state index is -0.114. The SMILES string of the molecule is CCCCN(C)C(=O)CN(C(C)=O)c1cc(C)cc(C)c1. The predicted molar refractivity (Wildman–Crippen MR) is 86.5 cm³/mol. The first-order valence-corrected chi connectivity index (χ1v) is 7.45. The standard InChI is InChI=1S/C17H26N2O2/c1-6-7-8-18(5)17(21)12-19(15(4)20)16-10-13(2)9-14(3)11-16/h9-11H,6-8,12H2,1-5H3. The molecule has 0 aliphatic heterocycles. The zero-order valence-corrected chi connectivity index (χ0v) is 13.8. The zero-order valence-electron chi connectivity index (χ0n) is 13.8. The lowest BCUT2D eigenvalue weighted by atomic mass is 10.1. The number of rotatable bonds is 6. The molecule has 116 valence electrons. The van der Waals surface area contributed by atoms with Crippen LogP contribution < -0.4 is 4.90 Å². The summed E-state index contributed by atoms with van der Waals surface area (Å²) in [7, 11) is 1.79. The fourth-order valence-electron chi connectivity index (χ4n) is 2.27. The van der Waals surface area contributed by atoms with E-state index in [0.717, 1.165) is 36.2 Å². The molecule has 0 aliphatic rings. The fraction of sp³-hybridized carbons (Fsp3) is 0.529. The number of carbonyl (C=O) groups excluding carboxylic acids is 2. The van der Waals surface area contributed by atoms with Gasteiger partial charge in [-0.3, -0.25) is 9.59 Å². The molecule has 0 spiro atoms. The van der Waals surface area contributed by atoms with E-state index in [9.17, 15) is 9.59 Å². The molecule has 0 heterocycles. The second kappa shape index (κ2) is 7.81. The Hall–Kier alpha value is -1.84. The molecule has 0 saturated heterocycles. The third-order valence-electron chi connectivity index (χ3n) is 3.46. The summed E-state index contributed by atoms with van der Waals surface area (Å²) in [6.45, 7) is 8.40. The number of anilines is 1. The highest BCUT2D eigenvalue weighted by Gasteiger charge is 2.18. The minimum Gasteiger partial charge on any atom is -0.344 e. The van der Waals surface area contributed by atoms with E-state index in [4.69, 9.17) is 0 Å². The molecule has 0 radical (unpaired) electrons. The molecule has 0 aromatic heterocycles. The maximum atomic E-state index is 12.2. The largest absolute Gasteiger partial charge is 0.344 e. The van der Waals surface area contributed by atoms with Gasteiger partial charge in [0, 0.05) is 26.2 Å². The van der Waals surface area contributed by atoms with Gasteiger partial charge in [0.1, 0.15) is 6.54 Å². The van der Waals surface area contributed by atoms with Crippen molar-refractivity contribution in [3.8, 4) is 0 Å². The van der Waals surface area contributed by atoms with Crippen molar-refractivity contribution in [2.24, 2.45) is 0 Å². The van der Waals surface area contributed by atoms with E-state index in [1.807, 2.05) is 26.0 Å². The van der Waals surface area contributed by atoms with Gasteiger partial charge in [0.15, 0.2) is 0 Å². The van der Waals surface area contributed by atoms with Crippen LogP contribution in [0.2, 0.25) is 0 Å². The van der Waals surface area contributed by atoms with Gasteiger partial charge in [0.2, 0.25) is 11.8 Å². The van der Waals surface area contributed by atoms with Gasteiger partial charge in [-0.1, -0.05) is 19.4 Å². The van der Waals surface area contributed by atoms with Gasteiger partial charge >= 0.3 is 0 Å². The molecule has 4 nitrogen and oxygen atoms in total. The van der Waals surface area contributed by atoms with E-state index in [1.165, 1.54) is 6.92 Å². The normalized spacial score (nSPS) is 10.3. The third-order valence-corrected chi connectivity index (χ3v) is 3.46. The second-order valence-corrected chi connectivity index (χ2v) is 5.62. The maximum Gasteiger partial charge on any atom is 0.242 e. The molecule has 21 heavy (non-hydrogen) atoms. The van der Waals surface area contributed by atoms with E-state index in [1.54, 1.807) is 16.8 Å². The molecule has 0 aliphatic carbocycles. The quantitative estimate of drug-likeness (QED) is 0.808. The van der Waals surface area contributed by atoms with Crippen LogP contribution in [0.4, 0.5) is 5.69 Å². The molecule has 4 heteroatoms. The number of hydrogen-bond acceptors (Lipinski definition) is 2. The van der Waals surface area contributed by atoms with Crippen molar-refractivity contribution >= 4 is 17.5 Å². The Bertz CT molecular complexity index is 491. The lowest BCUT2D eigenvalue weighted by Gasteiger charge is -2.25. The predicted octanol–water partition coefficient (Wildman–Crippen LogP) is 2.91. The Morgan fingerprint density at radius 3 is 2.14 bits per heavy atom. The van der Waals surface area contributed by atoms with Crippen molar-refractivity contribution in [3.05, 3.63) is 29.3 Å². The van der Waals surface area contributed by atoms with Crippen molar-refractivity contribution in [2.45, 2.75) is 40.5 Å². The maximum absolute atomic E-state index is 12.2. The van der Waals surface area contributed by atoms with Crippen molar-refractivity contribution in [3.63, 3.8) is 0 Å². The molecule has 1 aromatic rings. The van der Waals surface area contributed by atoms with Gasteiger partial charge in [-0.15, -0.1) is 0 Å². The molecule has 0 saturated carbocycles. The highest BCUT2D eigenvalue weighted by Crippen LogP contribution is 2.19. The van der Waals surface area contributed by atoms with E-state index < -0.39 is 0 Å². The number of unbranched alkanes of at least 4 members (excludes halogenated alkanes) is 1. The van der Waals surface area contributed by atoms with Crippen LogP contribution in [-0.2, 0) is 9.59 Å². The summed E-state index contributed by atoms with van der Waals surface area (Å²) < 4.78 is 0. The Balaban J connectivity index is 2.87. The summed E-state index contributed by atoms with van der Waals surface area (Å²) in [4.78, 5) is 27.4. The first-order chi connectivity index (χ1) is 9.85. The highest BCUT2D eigenvalue weighted by atomic mass is 16.2. The molecule has 0 N–H and O–H groups in total. The van der Waals surface area contributed by atoms with E-state index in [-0.39, 0.29) is 18.4 Å². The van der Waals surface area contributed by atoms with Crippen LogP contribution in [0.5, 0.6) is 0 Å². The molecule has 0 unspecified atom stereocenters. The molecule has 0 bridgehead atoms. The minimum absolute atomic E-state index is 0.0298. The highest BCUT2D eigenvalue weighted by molar-refractivity contribution is 5.97. The average molecular weight is 290 g/mol. The topological polar surface area (TPSA) is 40.6 Å². The third kappa shape index (κ3) is 5.21. The van der Waals surface area contributed by atoms with Crippen molar-refractivity contribution < 1.29 is 9.59 Å². The molecular formula is C17H26N2O2.